The smallest absolute Gasteiger partial charge is 0.0958 e. The van der Waals surface area contributed by atoms with E-state index in [9.17, 15) is 0 Å². The van der Waals surface area contributed by atoms with Gasteiger partial charge in [-0.3, -0.25) is 0 Å². The average molecular weight is 306 g/mol. The molecule has 0 aromatic heterocycles. The SMILES string of the molecule is COC1C(Br)CC1OCc1ccccc1Cl. The van der Waals surface area contributed by atoms with Crippen LogP contribution in [0.4, 0.5) is 0 Å². The average Bonchev–Trinajstić information content (AvgIpc) is 2.26. The molecule has 0 bridgehead atoms. The standard InChI is InChI=1S/C12H14BrClO2/c1-15-12-9(13)6-11(12)16-7-8-4-2-3-5-10(8)14/h2-5,9,11-12H,6-7H2,1H3. The molecule has 88 valence electrons. The van der Waals surface area contributed by atoms with E-state index < -0.39 is 0 Å². The van der Waals surface area contributed by atoms with Crippen molar-refractivity contribution in [3.8, 4) is 0 Å². The van der Waals surface area contributed by atoms with Crippen LogP contribution in [0.25, 0.3) is 0 Å². The molecule has 1 aromatic rings. The lowest BCUT2D eigenvalue weighted by atomic mass is 9.91. The second-order valence-electron chi connectivity index (χ2n) is 3.89. The predicted molar refractivity (Wildman–Crippen MR) is 68.2 cm³/mol. The molecule has 1 aliphatic rings. The summed E-state index contributed by atoms with van der Waals surface area (Å²) in [4.78, 5) is 0.411. The highest BCUT2D eigenvalue weighted by Gasteiger charge is 2.40. The van der Waals surface area contributed by atoms with Crippen LogP contribution < -0.4 is 0 Å². The quantitative estimate of drug-likeness (QED) is 0.794. The maximum absolute atomic E-state index is 6.05. The fourth-order valence-electron chi connectivity index (χ4n) is 1.80. The molecule has 0 N–H and O–H groups in total. The topological polar surface area (TPSA) is 18.5 Å². The summed E-state index contributed by atoms with van der Waals surface area (Å²) in [5.74, 6) is 0. The minimum Gasteiger partial charge on any atom is -0.378 e. The van der Waals surface area contributed by atoms with Crippen molar-refractivity contribution in [3.05, 3.63) is 34.9 Å². The molecular formula is C12H14BrClO2. The highest BCUT2D eigenvalue weighted by atomic mass is 79.9. The summed E-state index contributed by atoms with van der Waals surface area (Å²) in [6, 6.07) is 7.74. The Hall–Kier alpha value is -0.0900. The summed E-state index contributed by atoms with van der Waals surface area (Å²) in [5.41, 5.74) is 1.03. The Kier molecular flexibility index (Phi) is 4.25. The molecule has 2 rings (SSSR count). The van der Waals surface area contributed by atoms with Gasteiger partial charge in [-0.2, -0.15) is 0 Å². The second-order valence-corrected chi connectivity index (χ2v) is 5.48. The molecule has 1 fully saturated rings. The maximum Gasteiger partial charge on any atom is 0.0958 e. The van der Waals surface area contributed by atoms with E-state index in [1.807, 2.05) is 24.3 Å². The minimum absolute atomic E-state index is 0.155. The number of hydrogen-bond donors (Lipinski definition) is 0. The molecular weight excluding hydrogens is 291 g/mol. The van der Waals surface area contributed by atoms with Gasteiger partial charge in [0.05, 0.1) is 18.8 Å². The van der Waals surface area contributed by atoms with Gasteiger partial charge in [0.1, 0.15) is 0 Å². The normalized spacial score (nSPS) is 28.8. The van der Waals surface area contributed by atoms with Gasteiger partial charge < -0.3 is 9.47 Å². The number of methoxy groups -OCH3 is 1. The first kappa shape index (κ1) is 12.4. The first-order valence-electron chi connectivity index (χ1n) is 5.24. The van der Waals surface area contributed by atoms with Crippen LogP contribution in [-0.2, 0) is 16.1 Å². The van der Waals surface area contributed by atoms with E-state index in [2.05, 4.69) is 15.9 Å². The van der Waals surface area contributed by atoms with Crippen molar-refractivity contribution in [1.29, 1.82) is 0 Å². The zero-order valence-electron chi connectivity index (χ0n) is 9.03. The van der Waals surface area contributed by atoms with Crippen LogP contribution in [0.1, 0.15) is 12.0 Å². The zero-order valence-corrected chi connectivity index (χ0v) is 11.4. The summed E-state index contributed by atoms with van der Waals surface area (Å²) in [6.07, 6.45) is 1.32. The van der Waals surface area contributed by atoms with E-state index in [4.69, 9.17) is 21.1 Å². The highest BCUT2D eigenvalue weighted by molar-refractivity contribution is 9.09. The highest BCUT2D eigenvalue weighted by Crippen LogP contribution is 2.33. The van der Waals surface area contributed by atoms with Crippen molar-refractivity contribution in [2.75, 3.05) is 7.11 Å². The lowest BCUT2D eigenvalue weighted by Gasteiger charge is -2.40. The molecule has 0 spiro atoms. The third kappa shape index (κ3) is 2.59. The molecule has 0 heterocycles. The molecule has 0 saturated heterocycles. The van der Waals surface area contributed by atoms with Crippen LogP contribution in [0.15, 0.2) is 24.3 Å². The molecule has 0 aliphatic heterocycles. The third-order valence-electron chi connectivity index (χ3n) is 2.86. The van der Waals surface area contributed by atoms with Gasteiger partial charge in [0.2, 0.25) is 0 Å². The number of hydrogen-bond acceptors (Lipinski definition) is 2. The fraction of sp³-hybridized carbons (Fsp3) is 0.500. The van der Waals surface area contributed by atoms with Gasteiger partial charge >= 0.3 is 0 Å². The van der Waals surface area contributed by atoms with Gasteiger partial charge in [0.15, 0.2) is 0 Å². The molecule has 1 saturated carbocycles. The number of ether oxygens (including phenoxy) is 2. The van der Waals surface area contributed by atoms with E-state index in [0.717, 1.165) is 17.0 Å². The monoisotopic (exact) mass is 304 g/mol. The molecule has 1 aliphatic carbocycles. The van der Waals surface area contributed by atoms with E-state index >= 15 is 0 Å². The van der Waals surface area contributed by atoms with Crippen LogP contribution in [0.5, 0.6) is 0 Å². The van der Waals surface area contributed by atoms with E-state index in [0.29, 0.717) is 11.4 Å². The van der Waals surface area contributed by atoms with Crippen molar-refractivity contribution in [1.82, 2.24) is 0 Å². The van der Waals surface area contributed by atoms with E-state index in [-0.39, 0.29) is 12.2 Å². The molecule has 2 nitrogen and oxygen atoms in total. The lowest BCUT2D eigenvalue weighted by molar-refractivity contribution is -0.112. The van der Waals surface area contributed by atoms with Gasteiger partial charge in [-0.05, 0) is 18.1 Å². The predicted octanol–water partition coefficient (Wildman–Crippen LogP) is 3.41. The van der Waals surface area contributed by atoms with Gasteiger partial charge in [0.25, 0.3) is 0 Å². The van der Waals surface area contributed by atoms with E-state index in [1.165, 1.54) is 0 Å². The minimum atomic E-state index is 0.155. The van der Waals surface area contributed by atoms with Crippen LogP contribution in [0, 0.1) is 0 Å². The summed E-state index contributed by atoms with van der Waals surface area (Å²) in [7, 11) is 1.71. The van der Waals surface area contributed by atoms with Crippen molar-refractivity contribution in [2.24, 2.45) is 0 Å². The van der Waals surface area contributed by atoms with Gasteiger partial charge in [0, 0.05) is 17.0 Å². The molecule has 3 unspecified atom stereocenters. The second kappa shape index (κ2) is 5.50. The fourth-order valence-corrected chi connectivity index (χ4v) is 2.92. The number of alkyl halides is 1. The molecule has 0 amide bonds. The van der Waals surface area contributed by atoms with Crippen molar-refractivity contribution >= 4 is 27.5 Å². The van der Waals surface area contributed by atoms with Crippen LogP contribution >= 0.6 is 27.5 Å². The van der Waals surface area contributed by atoms with Crippen molar-refractivity contribution < 1.29 is 9.47 Å². The summed E-state index contributed by atoms with van der Waals surface area (Å²) in [6.45, 7) is 0.546. The molecule has 4 heteroatoms. The lowest BCUT2D eigenvalue weighted by Crippen LogP contribution is -2.50. The number of rotatable bonds is 4. The molecule has 3 atom stereocenters. The first-order valence-corrected chi connectivity index (χ1v) is 6.53. The van der Waals surface area contributed by atoms with Crippen molar-refractivity contribution in [2.45, 2.75) is 30.1 Å². The number of halogens is 2. The van der Waals surface area contributed by atoms with Gasteiger partial charge in [-0.1, -0.05) is 45.7 Å². The Balaban J connectivity index is 1.87. The summed E-state index contributed by atoms with van der Waals surface area (Å²) in [5, 5.41) is 0.756. The molecule has 0 radical (unpaired) electrons. The summed E-state index contributed by atoms with van der Waals surface area (Å²) >= 11 is 9.58. The van der Waals surface area contributed by atoms with E-state index in [1.54, 1.807) is 7.11 Å². The Morgan fingerprint density at radius 2 is 2.19 bits per heavy atom. The van der Waals surface area contributed by atoms with Crippen LogP contribution in [0.2, 0.25) is 5.02 Å². The van der Waals surface area contributed by atoms with Crippen molar-refractivity contribution in [3.63, 3.8) is 0 Å². The van der Waals surface area contributed by atoms with Gasteiger partial charge in [-0.15, -0.1) is 0 Å². The number of benzene rings is 1. The molecule has 1 aromatic carbocycles. The zero-order chi connectivity index (χ0) is 11.5. The Bertz CT molecular complexity index is 359. The van der Waals surface area contributed by atoms with Crippen LogP contribution in [-0.4, -0.2) is 24.1 Å². The Morgan fingerprint density at radius 1 is 1.44 bits per heavy atom. The largest absolute Gasteiger partial charge is 0.378 e. The van der Waals surface area contributed by atoms with Gasteiger partial charge in [-0.25, -0.2) is 0 Å². The Labute approximate surface area is 109 Å². The third-order valence-corrected chi connectivity index (χ3v) is 4.13. The first-order chi connectivity index (χ1) is 7.72. The molecule has 16 heavy (non-hydrogen) atoms. The van der Waals surface area contributed by atoms with Crippen LogP contribution in [0.3, 0.4) is 0 Å². The maximum atomic E-state index is 6.05. The summed E-state index contributed by atoms with van der Waals surface area (Å²) < 4.78 is 11.1. The Morgan fingerprint density at radius 3 is 2.81 bits per heavy atom.